The smallest absolute Gasteiger partial charge is 0.494 e. The number of rotatable bonds is 11. The molecule has 0 saturated carbocycles. The van der Waals surface area contributed by atoms with Gasteiger partial charge in [-0.05, 0) is 56.2 Å². The molecule has 1 heterocycles. The highest BCUT2D eigenvalue weighted by molar-refractivity contribution is 6.34. The minimum Gasteiger partial charge on any atom is -0.494 e. The minimum atomic E-state index is -5.33. The third-order valence-corrected chi connectivity index (χ3v) is 4.83. The van der Waals surface area contributed by atoms with Crippen molar-refractivity contribution in [2.24, 2.45) is 0 Å². The summed E-state index contributed by atoms with van der Waals surface area (Å²) in [5.41, 5.74) is 1.16. The first-order valence-electron chi connectivity index (χ1n) is 11.2. The van der Waals surface area contributed by atoms with Crippen LogP contribution in [0.4, 0.5) is 13.2 Å². The van der Waals surface area contributed by atoms with Crippen molar-refractivity contribution >= 4 is 29.4 Å². The molecule has 0 aliphatic rings. The molecule has 1 N–H and O–H groups in total. The van der Waals surface area contributed by atoms with Crippen molar-refractivity contribution in [1.82, 2.24) is 10.3 Å². The normalized spacial score (nSPS) is 12.1. The van der Waals surface area contributed by atoms with E-state index in [2.05, 4.69) is 20.1 Å². The summed E-state index contributed by atoms with van der Waals surface area (Å²) in [6, 6.07) is 7.83. The molecular weight excluding hydrogens is 521 g/mol. The Labute approximate surface area is 216 Å². The number of nitrogens with zero attached hydrogens (tertiary/aromatic N) is 1. The van der Waals surface area contributed by atoms with Crippen LogP contribution >= 0.6 is 11.6 Å². The summed E-state index contributed by atoms with van der Waals surface area (Å²) in [5, 5.41) is 2.90. The number of pyridine rings is 1. The molecule has 1 aromatic carbocycles. The Kier molecular flexibility index (Phi) is 11.1. The van der Waals surface area contributed by atoms with Crippen LogP contribution in [0.15, 0.2) is 36.5 Å². The van der Waals surface area contributed by atoms with Crippen LogP contribution in [0.25, 0.3) is 0 Å². The summed E-state index contributed by atoms with van der Waals surface area (Å²) in [5.74, 6) is -3.90. The number of carbonyl (C=O) groups is 3. The molecule has 0 spiro atoms. The molecule has 1 aromatic heterocycles. The van der Waals surface area contributed by atoms with Crippen LogP contribution < -0.4 is 10.1 Å². The van der Waals surface area contributed by atoms with Crippen molar-refractivity contribution in [2.75, 3.05) is 6.61 Å². The number of halogens is 4. The van der Waals surface area contributed by atoms with Gasteiger partial charge in [-0.15, -0.1) is 0 Å². The zero-order valence-electron chi connectivity index (χ0n) is 20.3. The number of ether oxygens (including phenoxy) is 2. The van der Waals surface area contributed by atoms with Crippen molar-refractivity contribution in [2.45, 2.75) is 58.5 Å². The van der Waals surface area contributed by atoms with Crippen molar-refractivity contribution in [1.29, 1.82) is 0 Å². The highest BCUT2D eigenvalue weighted by Gasteiger charge is 2.43. The van der Waals surface area contributed by atoms with E-state index >= 15 is 0 Å². The van der Waals surface area contributed by atoms with Crippen LogP contribution in [0.2, 0.25) is 5.02 Å². The number of hydrogen-bond acceptors (Lipinski definition) is 8. The lowest BCUT2D eigenvalue weighted by atomic mass is 10.1. The van der Waals surface area contributed by atoms with Crippen LogP contribution in [0.3, 0.4) is 0 Å². The van der Waals surface area contributed by atoms with Crippen molar-refractivity contribution in [3.8, 4) is 5.75 Å². The molecule has 1 unspecified atom stereocenters. The number of amides is 1. The highest BCUT2D eigenvalue weighted by Crippen LogP contribution is 2.23. The van der Waals surface area contributed by atoms with Gasteiger partial charge in [0.15, 0.2) is 6.10 Å². The predicted molar refractivity (Wildman–Crippen MR) is 125 cm³/mol. The van der Waals surface area contributed by atoms with E-state index in [1.54, 1.807) is 38.1 Å². The molecule has 0 bridgehead atoms. The van der Waals surface area contributed by atoms with E-state index in [1.165, 1.54) is 12.3 Å². The molecule has 13 heteroatoms. The van der Waals surface area contributed by atoms with Gasteiger partial charge in [-0.3, -0.25) is 9.78 Å². The number of aromatic nitrogens is 1. The van der Waals surface area contributed by atoms with E-state index in [-0.39, 0.29) is 23.6 Å². The molecule has 0 aliphatic carbocycles. The Morgan fingerprint density at radius 2 is 1.84 bits per heavy atom. The molecular formula is C24H26ClF3N2O7. The summed E-state index contributed by atoms with van der Waals surface area (Å²) in [6.07, 6.45) is -5.09. The minimum absolute atomic E-state index is 0.0143. The van der Waals surface area contributed by atoms with Gasteiger partial charge in [0.2, 0.25) is 0 Å². The van der Waals surface area contributed by atoms with Gasteiger partial charge in [0.1, 0.15) is 5.75 Å². The van der Waals surface area contributed by atoms with Crippen LogP contribution in [-0.4, -0.2) is 47.8 Å². The topological polar surface area (TPSA) is 113 Å². The molecule has 0 saturated heterocycles. The first-order valence-corrected chi connectivity index (χ1v) is 11.6. The Balaban J connectivity index is 2.02. The van der Waals surface area contributed by atoms with Gasteiger partial charge in [-0.1, -0.05) is 18.5 Å². The van der Waals surface area contributed by atoms with Crippen LogP contribution in [0.1, 0.15) is 48.8 Å². The third kappa shape index (κ3) is 9.89. The summed E-state index contributed by atoms with van der Waals surface area (Å²) >= 11 is 6.20. The fourth-order valence-corrected chi connectivity index (χ4v) is 3.17. The maximum atomic E-state index is 12.6. The van der Waals surface area contributed by atoms with E-state index in [4.69, 9.17) is 21.1 Å². The number of carbonyl (C=O) groups excluding carboxylic acids is 3. The van der Waals surface area contributed by atoms with E-state index in [9.17, 15) is 27.6 Å². The molecule has 1 atom stereocenters. The largest absolute Gasteiger partial charge is 0.495 e. The molecule has 0 fully saturated rings. The SMILES string of the molecule is CCCOc1ccc(C(=O)NCc2cc(CC(OC(C)C)C(=O)OOC(=O)C(F)(F)F)ccn2)c(Cl)c1. The van der Waals surface area contributed by atoms with Gasteiger partial charge in [-0.25, -0.2) is 19.4 Å². The first-order chi connectivity index (χ1) is 17.4. The molecule has 2 rings (SSSR count). The van der Waals surface area contributed by atoms with E-state index in [0.29, 0.717) is 23.6 Å². The average molecular weight is 547 g/mol. The van der Waals surface area contributed by atoms with Gasteiger partial charge in [-0.2, -0.15) is 13.2 Å². The Morgan fingerprint density at radius 3 is 2.46 bits per heavy atom. The molecule has 0 radical (unpaired) electrons. The van der Waals surface area contributed by atoms with Gasteiger partial charge in [0, 0.05) is 12.6 Å². The van der Waals surface area contributed by atoms with Gasteiger partial charge < -0.3 is 14.8 Å². The van der Waals surface area contributed by atoms with Gasteiger partial charge in [0.25, 0.3) is 5.91 Å². The summed E-state index contributed by atoms with van der Waals surface area (Å²) < 4.78 is 47.7. The Morgan fingerprint density at radius 1 is 1.11 bits per heavy atom. The molecule has 2 aromatic rings. The standard InChI is InChI=1S/C24H26ClF3N2O7/c1-4-9-34-17-5-6-18(19(25)12-17)21(31)30-13-16-10-15(7-8-29-16)11-20(35-14(2)3)22(32)36-37-23(33)24(26,27)28/h5-8,10,12,14,20H,4,9,11,13H2,1-3H3,(H,30,31). The average Bonchev–Trinajstić information content (AvgIpc) is 2.83. The second kappa shape index (κ2) is 13.8. The second-order valence-electron chi connectivity index (χ2n) is 7.98. The summed E-state index contributed by atoms with van der Waals surface area (Å²) in [7, 11) is 0. The Hall–Kier alpha value is -3.38. The van der Waals surface area contributed by atoms with Crippen LogP contribution in [0.5, 0.6) is 5.75 Å². The number of hydrogen-bond donors (Lipinski definition) is 1. The van der Waals surface area contributed by atoms with Crippen molar-refractivity contribution < 1.29 is 46.8 Å². The lowest BCUT2D eigenvalue weighted by molar-refractivity contribution is -0.290. The fraction of sp³-hybridized carbons (Fsp3) is 0.417. The second-order valence-corrected chi connectivity index (χ2v) is 8.38. The highest BCUT2D eigenvalue weighted by atomic mass is 35.5. The lowest BCUT2D eigenvalue weighted by Crippen LogP contribution is -2.34. The molecule has 37 heavy (non-hydrogen) atoms. The Bertz CT molecular complexity index is 1100. The lowest BCUT2D eigenvalue weighted by Gasteiger charge is -2.18. The third-order valence-electron chi connectivity index (χ3n) is 4.52. The first kappa shape index (κ1) is 29.8. The van der Waals surface area contributed by atoms with E-state index in [1.807, 2.05) is 6.92 Å². The number of alkyl halides is 3. The predicted octanol–water partition coefficient (Wildman–Crippen LogP) is 4.35. The summed E-state index contributed by atoms with van der Waals surface area (Å²) in [4.78, 5) is 47.3. The van der Waals surface area contributed by atoms with Gasteiger partial charge >= 0.3 is 18.1 Å². The number of benzene rings is 1. The van der Waals surface area contributed by atoms with Crippen LogP contribution in [-0.2, 0) is 37.1 Å². The van der Waals surface area contributed by atoms with Crippen molar-refractivity contribution in [3.63, 3.8) is 0 Å². The monoisotopic (exact) mass is 546 g/mol. The van der Waals surface area contributed by atoms with Crippen LogP contribution in [0, 0.1) is 0 Å². The number of nitrogens with one attached hydrogen (secondary N) is 1. The maximum Gasteiger partial charge on any atom is 0.495 e. The van der Waals surface area contributed by atoms with Crippen molar-refractivity contribution in [3.05, 3.63) is 58.4 Å². The zero-order chi connectivity index (χ0) is 27.6. The zero-order valence-corrected chi connectivity index (χ0v) is 21.0. The molecule has 202 valence electrons. The quantitative estimate of drug-likeness (QED) is 0.327. The summed E-state index contributed by atoms with van der Waals surface area (Å²) in [6.45, 7) is 5.70. The molecule has 9 nitrogen and oxygen atoms in total. The fourth-order valence-electron chi connectivity index (χ4n) is 2.92. The maximum absolute atomic E-state index is 12.6. The molecule has 1 amide bonds. The molecule has 0 aliphatic heterocycles. The van der Waals surface area contributed by atoms with Gasteiger partial charge in [0.05, 0.1) is 35.5 Å². The van der Waals surface area contributed by atoms with E-state index in [0.717, 1.165) is 6.42 Å². The van der Waals surface area contributed by atoms with E-state index < -0.39 is 36.2 Å².